The van der Waals surface area contributed by atoms with E-state index in [2.05, 4.69) is 4.74 Å². The Labute approximate surface area is 76.3 Å². The predicted octanol–water partition coefficient (Wildman–Crippen LogP) is 0.167. The molecule has 0 aliphatic heterocycles. The molecule has 0 aliphatic carbocycles. The number of aliphatic hydroxyl groups excluding tert-OH is 1. The number of carbonyl (C=O) groups is 2. The molecule has 5 nitrogen and oxygen atoms in total. The van der Waals surface area contributed by atoms with Crippen LogP contribution in [0.2, 0.25) is 0 Å². The maximum Gasteiger partial charge on any atom is 0.306 e. The van der Waals surface area contributed by atoms with Gasteiger partial charge in [0.1, 0.15) is 6.61 Å². The third-order valence-corrected chi connectivity index (χ3v) is 1.37. The fraction of sp³-hybridized carbons (Fsp3) is 0.750. The molecule has 5 heteroatoms. The number of ether oxygens (including phenoxy) is 1. The van der Waals surface area contributed by atoms with Crippen LogP contribution >= 0.6 is 0 Å². The monoisotopic (exact) mass is 190 g/mol. The van der Waals surface area contributed by atoms with Gasteiger partial charge in [0, 0.05) is 13.0 Å². The van der Waals surface area contributed by atoms with Crippen molar-refractivity contribution < 1.29 is 24.5 Å². The van der Waals surface area contributed by atoms with E-state index in [0.717, 1.165) is 0 Å². The number of hydrogen-bond donors (Lipinski definition) is 2. The lowest BCUT2D eigenvalue weighted by Crippen LogP contribution is -2.09. The van der Waals surface area contributed by atoms with Gasteiger partial charge in [0.15, 0.2) is 0 Å². The van der Waals surface area contributed by atoms with Gasteiger partial charge in [-0.25, -0.2) is 0 Å². The van der Waals surface area contributed by atoms with Crippen LogP contribution < -0.4 is 0 Å². The Morgan fingerprint density at radius 1 is 1.15 bits per heavy atom. The molecular formula is C8H14O5. The van der Waals surface area contributed by atoms with Crippen molar-refractivity contribution in [1.82, 2.24) is 0 Å². The van der Waals surface area contributed by atoms with E-state index >= 15 is 0 Å². The van der Waals surface area contributed by atoms with E-state index in [1.807, 2.05) is 0 Å². The van der Waals surface area contributed by atoms with Crippen LogP contribution in [0, 0.1) is 0 Å². The summed E-state index contributed by atoms with van der Waals surface area (Å²) in [5.74, 6) is -1.39. The van der Waals surface area contributed by atoms with Crippen molar-refractivity contribution in [1.29, 1.82) is 0 Å². The fourth-order valence-electron chi connectivity index (χ4n) is 0.705. The summed E-state index contributed by atoms with van der Waals surface area (Å²) < 4.78 is 4.60. The molecule has 0 heterocycles. The van der Waals surface area contributed by atoms with E-state index < -0.39 is 11.9 Å². The summed E-state index contributed by atoms with van der Waals surface area (Å²) in [6.07, 6.45) is 1.21. The van der Waals surface area contributed by atoms with E-state index in [1.54, 1.807) is 0 Å². The maximum absolute atomic E-state index is 10.8. The zero-order valence-corrected chi connectivity index (χ0v) is 7.36. The largest absolute Gasteiger partial charge is 0.481 e. The standard InChI is InChI=1S/C8H14O5/c9-5-2-1-3-8(12)13-6-4-7(10)11/h9H,1-6H2,(H,10,11). The Hall–Kier alpha value is -1.10. The van der Waals surface area contributed by atoms with Crippen molar-refractivity contribution in [2.75, 3.05) is 13.2 Å². The minimum Gasteiger partial charge on any atom is -0.481 e. The van der Waals surface area contributed by atoms with Gasteiger partial charge in [0.05, 0.1) is 6.42 Å². The molecule has 76 valence electrons. The van der Waals surface area contributed by atoms with E-state index in [4.69, 9.17) is 10.2 Å². The minimum absolute atomic E-state index is 0.0579. The van der Waals surface area contributed by atoms with Crippen molar-refractivity contribution >= 4 is 11.9 Å². The number of carboxylic acid groups (broad SMARTS) is 1. The van der Waals surface area contributed by atoms with E-state index in [-0.39, 0.29) is 26.1 Å². The number of esters is 1. The van der Waals surface area contributed by atoms with E-state index in [1.165, 1.54) is 0 Å². The Morgan fingerprint density at radius 3 is 2.38 bits per heavy atom. The van der Waals surface area contributed by atoms with Crippen molar-refractivity contribution in [2.45, 2.75) is 25.7 Å². The maximum atomic E-state index is 10.8. The van der Waals surface area contributed by atoms with Crippen molar-refractivity contribution in [3.63, 3.8) is 0 Å². The molecule has 0 saturated carbocycles. The number of carboxylic acids is 1. The Kier molecular flexibility index (Phi) is 6.91. The summed E-state index contributed by atoms with van der Waals surface area (Å²) in [4.78, 5) is 20.8. The Balaban J connectivity index is 3.25. The molecule has 2 N–H and O–H groups in total. The van der Waals surface area contributed by atoms with Gasteiger partial charge in [-0.2, -0.15) is 0 Å². The highest BCUT2D eigenvalue weighted by Gasteiger charge is 2.03. The number of unbranched alkanes of at least 4 members (excludes halogenated alkanes) is 1. The topological polar surface area (TPSA) is 83.8 Å². The van der Waals surface area contributed by atoms with E-state index in [9.17, 15) is 9.59 Å². The van der Waals surface area contributed by atoms with Crippen LogP contribution in [0.4, 0.5) is 0 Å². The first-order chi connectivity index (χ1) is 6.16. The molecule has 0 atom stereocenters. The third kappa shape index (κ3) is 8.81. The molecule has 0 aromatic carbocycles. The first-order valence-electron chi connectivity index (χ1n) is 4.15. The Bertz CT molecular complexity index is 166. The summed E-state index contributed by atoms with van der Waals surface area (Å²) in [7, 11) is 0. The van der Waals surface area contributed by atoms with Crippen LogP contribution in [0.5, 0.6) is 0 Å². The molecule has 0 fully saturated rings. The first-order valence-corrected chi connectivity index (χ1v) is 4.15. The van der Waals surface area contributed by atoms with Crippen LogP contribution in [0.1, 0.15) is 25.7 Å². The second kappa shape index (κ2) is 7.54. The number of aliphatic hydroxyl groups is 1. The summed E-state index contributed by atoms with van der Waals surface area (Å²) >= 11 is 0. The number of hydrogen-bond acceptors (Lipinski definition) is 4. The molecule has 0 bridgehead atoms. The highest BCUT2D eigenvalue weighted by atomic mass is 16.5. The molecule has 0 saturated heterocycles. The van der Waals surface area contributed by atoms with Gasteiger partial charge in [-0.15, -0.1) is 0 Å². The van der Waals surface area contributed by atoms with Gasteiger partial charge in [-0.1, -0.05) is 0 Å². The molecule has 0 aromatic heterocycles. The summed E-state index contributed by atoms with van der Waals surface area (Å²) in [5.41, 5.74) is 0. The smallest absolute Gasteiger partial charge is 0.306 e. The zero-order valence-electron chi connectivity index (χ0n) is 7.36. The lowest BCUT2D eigenvalue weighted by molar-refractivity contribution is -0.146. The minimum atomic E-state index is -0.983. The van der Waals surface area contributed by atoms with Crippen molar-refractivity contribution in [2.24, 2.45) is 0 Å². The van der Waals surface area contributed by atoms with Crippen LogP contribution in [0.15, 0.2) is 0 Å². The lowest BCUT2D eigenvalue weighted by Gasteiger charge is -2.01. The van der Waals surface area contributed by atoms with Gasteiger partial charge in [0.25, 0.3) is 0 Å². The third-order valence-electron chi connectivity index (χ3n) is 1.37. The highest BCUT2D eigenvalue weighted by Crippen LogP contribution is 1.97. The van der Waals surface area contributed by atoms with Crippen molar-refractivity contribution in [3.8, 4) is 0 Å². The average molecular weight is 190 g/mol. The molecule has 0 spiro atoms. The van der Waals surface area contributed by atoms with Crippen LogP contribution in [0.25, 0.3) is 0 Å². The van der Waals surface area contributed by atoms with Crippen molar-refractivity contribution in [3.05, 3.63) is 0 Å². The quantitative estimate of drug-likeness (QED) is 0.441. The summed E-state index contributed by atoms with van der Waals surface area (Å²) in [5, 5.41) is 16.6. The lowest BCUT2D eigenvalue weighted by atomic mass is 10.2. The second-order valence-corrected chi connectivity index (χ2v) is 2.54. The van der Waals surface area contributed by atoms with Gasteiger partial charge in [-0.05, 0) is 12.8 Å². The summed E-state index contributed by atoms with van der Waals surface area (Å²) in [6.45, 7) is -0.0182. The van der Waals surface area contributed by atoms with Crippen LogP contribution in [-0.2, 0) is 14.3 Å². The predicted molar refractivity (Wildman–Crippen MR) is 44.1 cm³/mol. The van der Waals surface area contributed by atoms with Crippen LogP contribution in [-0.4, -0.2) is 35.4 Å². The molecule has 13 heavy (non-hydrogen) atoms. The number of aliphatic carboxylic acids is 1. The van der Waals surface area contributed by atoms with Gasteiger partial charge in [0.2, 0.25) is 0 Å². The second-order valence-electron chi connectivity index (χ2n) is 2.54. The fourth-order valence-corrected chi connectivity index (χ4v) is 0.705. The van der Waals surface area contributed by atoms with E-state index in [0.29, 0.717) is 12.8 Å². The molecule has 0 aromatic rings. The van der Waals surface area contributed by atoms with Crippen LogP contribution in [0.3, 0.4) is 0 Å². The van der Waals surface area contributed by atoms with Gasteiger partial charge < -0.3 is 14.9 Å². The zero-order chi connectivity index (χ0) is 10.1. The highest BCUT2D eigenvalue weighted by molar-refractivity contribution is 5.70. The molecule has 0 radical (unpaired) electrons. The summed E-state index contributed by atoms with van der Waals surface area (Å²) in [6, 6.07) is 0. The molecular weight excluding hydrogens is 176 g/mol. The normalized spacial score (nSPS) is 9.62. The number of rotatable bonds is 7. The molecule has 0 rings (SSSR count). The number of carbonyl (C=O) groups excluding carboxylic acids is 1. The Morgan fingerprint density at radius 2 is 1.85 bits per heavy atom. The molecule has 0 amide bonds. The first kappa shape index (κ1) is 11.9. The molecule has 0 unspecified atom stereocenters. The average Bonchev–Trinajstić information content (AvgIpc) is 2.04. The molecule has 0 aliphatic rings. The van der Waals surface area contributed by atoms with Gasteiger partial charge >= 0.3 is 11.9 Å². The SMILES string of the molecule is O=C(O)CCOC(=O)CCCCO. The van der Waals surface area contributed by atoms with Gasteiger partial charge in [-0.3, -0.25) is 9.59 Å².